The lowest BCUT2D eigenvalue weighted by molar-refractivity contribution is -0.129. The number of hydrazone groups is 1. The lowest BCUT2D eigenvalue weighted by Crippen LogP contribution is -2.18. The molecule has 0 aliphatic rings. The van der Waals surface area contributed by atoms with Gasteiger partial charge in [0.25, 0.3) is 0 Å². The molecule has 0 radical (unpaired) electrons. The molecule has 23 heavy (non-hydrogen) atoms. The Morgan fingerprint density at radius 1 is 1.13 bits per heavy atom. The number of hydroxylamine groups is 1. The maximum atomic E-state index is 13.0. The monoisotopic (exact) mass is 325 g/mol. The van der Waals surface area contributed by atoms with Crippen LogP contribution in [0.2, 0.25) is 0 Å². The molecule has 0 spiro atoms. The molecule has 4 N–H and O–H groups in total. The van der Waals surface area contributed by atoms with Crippen molar-refractivity contribution in [1.29, 1.82) is 0 Å². The standard InChI is InChI=1S/C15H20FN3O4/c16-12-7-8-13(20)11(9-12)10-17-18-14(21)5-3-1-2-4-6-15(22)19-23/h7-10,20,23H,1-6H2,(H,18,21)(H,19,22)/b17-10+. The lowest BCUT2D eigenvalue weighted by atomic mass is 10.1. The normalized spacial score (nSPS) is 10.7. The zero-order valence-corrected chi connectivity index (χ0v) is 12.6. The first-order valence-corrected chi connectivity index (χ1v) is 7.26. The van der Waals surface area contributed by atoms with Crippen molar-refractivity contribution >= 4 is 18.0 Å². The molecule has 7 nitrogen and oxygen atoms in total. The SMILES string of the molecule is O=C(CCCCCCC(=O)N/N=C/c1cc(F)ccc1O)NO. The van der Waals surface area contributed by atoms with E-state index in [0.29, 0.717) is 12.8 Å². The summed E-state index contributed by atoms with van der Waals surface area (Å²) in [5, 5.41) is 21.4. The zero-order chi connectivity index (χ0) is 17.1. The Balaban J connectivity index is 2.18. The summed E-state index contributed by atoms with van der Waals surface area (Å²) in [5.41, 5.74) is 4.03. The number of rotatable bonds is 9. The average Bonchev–Trinajstić information content (AvgIpc) is 2.53. The summed E-state index contributed by atoms with van der Waals surface area (Å²) in [6.45, 7) is 0. The maximum Gasteiger partial charge on any atom is 0.243 e. The van der Waals surface area contributed by atoms with Gasteiger partial charge in [-0.05, 0) is 31.0 Å². The summed E-state index contributed by atoms with van der Waals surface area (Å²) in [7, 11) is 0. The highest BCUT2D eigenvalue weighted by Crippen LogP contribution is 2.15. The number of hydrogen-bond donors (Lipinski definition) is 4. The largest absolute Gasteiger partial charge is 0.507 e. The van der Waals surface area contributed by atoms with Crippen molar-refractivity contribution in [2.45, 2.75) is 38.5 Å². The second kappa shape index (κ2) is 10.3. The van der Waals surface area contributed by atoms with E-state index in [0.717, 1.165) is 25.0 Å². The van der Waals surface area contributed by atoms with Crippen LogP contribution in [-0.4, -0.2) is 28.3 Å². The van der Waals surface area contributed by atoms with E-state index in [1.807, 2.05) is 0 Å². The van der Waals surface area contributed by atoms with E-state index in [1.54, 1.807) is 5.48 Å². The second-order valence-corrected chi connectivity index (χ2v) is 4.95. The molecule has 0 aliphatic heterocycles. The molecule has 1 aromatic rings. The Bertz CT molecular complexity index is 564. The molecular formula is C15H20FN3O4. The van der Waals surface area contributed by atoms with Gasteiger partial charge in [-0.2, -0.15) is 5.10 Å². The summed E-state index contributed by atoms with van der Waals surface area (Å²) >= 11 is 0. The van der Waals surface area contributed by atoms with Crippen molar-refractivity contribution in [2.24, 2.45) is 5.10 Å². The smallest absolute Gasteiger partial charge is 0.243 e. The third-order valence-corrected chi connectivity index (χ3v) is 3.06. The number of carbonyl (C=O) groups is 2. The molecule has 126 valence electrons. The number of benzene rings is 1. The van der Waals surface area contributed by atoms with E-state index < -0.39 is 11.7 Å². The highest BCUT2D eigenvalue weighted by molar-refractivity contribution is 5.85. The van der Waals surface area contributed by atoms with Gasteiger partial charge in [-0.3, -0.25) is 14.8 Å². The Morgan fingerprint density at radius 2 is 1.78 bits per heavy atom. The van der Waals surface area contributed by atoms with Crippen LogP contribution in [0.4, 0.5) is 4.39 Å². The van der Waals surface area contributed by atoms with E-state index >= 15 is 0 Å². The summed E-state index contributed by atoms with van der Waals surface area (Å²) < 4.78 is 13.0. The van der Waals surface area contributed by atoms with Crippen molar-refractivity contribution in [2.75, 3.05) is 0 Å². The van der Waals surface area contributed by atoms with Crippen molar-refractivity contribution in [1.82, 2.24) is 10.9 Å². The molecule has 0 atom stereocenters. The molecule has 0 saturated carbocycles. The van der Waals surface area contributed by atoms with Crippen LogP contribution < -0.4 is 10.9 Å². The molecule has 0 saturated heterocycles. The van der Waals surface area contributed by atoms with Gasteiger partial charge in [0.15, 0.2) is 0 Å². The van der Waals surface area contributed by atoms with Gasteiger partial charge in [-0.15, -0.1) is 0 Å². The number of aromatic hydroxyl groups is 1. The third kappa shape index (κ3) is 7.91. The summed E-state index contributed by atoms with van der Waals surface area (Å²) in [5.74, 6) is -1.34. The first-order chi connectivity index (χ1) is 11.0. The number of amides is 2. The van der Waals surface area contributed by atoms with Crippen molar-refractivity contribution < 1.29 is 24.3 Å². The van der Waals surface area contributed by atoms with Gasteiger partial charge in [0.1, 0.15) is 11.6 Å². The van der Waals surface area contributed by atoms with Crippen LogP contribution in [0.1, 0.15) is 44.1 Å². The Labute approximate surface area is 133 Å². The summed E-state index contributed by atoms with van der Waals surface area (Å²) in [6.07, 6.45) is 4.55. The highest BCUT2D eigenvalue weighted by Gasteiger charge is 2.02. The number of phenols is 1. The zero-order valence-electron chi connectivity index (χ0n) is 12.6. The first kappa shape index (κ1) is 18.6. The number of nitrogens with one attached hydrogen (secondary N) is 2. The lowest BCUT2D eigenvalue weighted by Gasteiger charge is -2.02. The van der Waals surface area contributed by atoms with Crippen LogP contribution in [0.25, 0.3) is 0 Å². The fourth-order valence-corrected chi connectivity index (χ4v) is 1.84. The number of carbonyl (C=O) groups excluding carboxylic acids is 2. The van der Waals surface area contributed by atoms with E-state index in [-0.39, 0.29) is 30.1 Å². The predicted molar refractivity (Wildman–Crippen MR) is 81.4 cm³/mol. The van der Waals surface area contributed by atoms with Crippen LogP contribution in [0.5, 0.6) is 5.75 Å². The van der Waals surface area contributed by atoms with Crippen molar-refractivity contribution in [3.05, 3.63) is 29.6 Å². The average molecular weight is 325 g/mol. The van der Waals surface area contributed by atoms with Gasteiger partial charge < -0.3 is 5.11 Å². The molecule has 0 heterocycles. The Hall–Kier alpha value is -2.48. The number of unbranched alkanes of at least 4 members (excludes halogenated alkanes) is 3. The molecule has 0 aromatic heterocycles. The molecule has 8 heteroatoms. The quantitative estimate of drug-likeness (QED) is 0.240. The topological polar surface area (TPSA) is 111 Å². The van der Waals surface area contributed by atoms with Crippen LogP contribution in [0.3, 0.4) is 0 Å². The molecule has 0 fully saturated rings. The molecule has 0 unspecified atom stereocenters. The summed E-state index contributed by atoms with van der Waals surface area (Å²) in [4.78, 5) is 22.3. The fourth-order valence-electron chi connectivity index (χ4n) is 1.84. The Morgan fingerprint density at radius 3 is 2.43 bits per heavy atom. The molecule has 1 rings (SSSR count). The third-order valence-electron chi connectivity index (χ3n) is 3.06. The molecule has 1 aromatic carbocycles. The molecule has 0 aliphatic carbocycles. The van der Waals surface area contributed by atoms with Crippen LogP contribution in [-0.2, 0) is 9.59 Å². The second-order valence-electron chi connectivity index (χ2n) is 4.95. The van der Waals surface area contributed by atoms with Gasteiger partial charge in [-0.25, -0.2) is 15.3 Å². The van der Waals surface area contributed by atoms with Crippen LogP contribution >= 0.6 is 0 Å². The van der Waals surface area contributed by atoms with Gasteiger partial charge in [0, 0.05) is 18.4 Å². The number of phenolic OH excluding ortho intramolecular Hbond substituents is 1. The maximum absolute atomic E-state index is 13.0. The minimum absolute atomic E-state index is 0.128. The minimum Gasteiger partial charge on any atom is -0.507 e. The van der Waals surface area contributed by atoms with E-state index in [9.17, 15) is 19.1 Å². The summed E-state index contributed by atoms with van der Waals surface area (Å²) in [6, 6.07) is 3.43. The number of nitrogens with zero attached hydrogens (tertiary/aromatic N) is 1. The van der Waals surface area contributed by atoms with Gasteiger partial charge in [0.2, 0.25) is 11.8 Å². The van der Waals surface area contributed by atoms with Crippen LogP contribution in [0.15, 0.2) is 23.3 Å². The van der Waals surface area contributed by atoms with Gasteiger partial charge >= 0.3 is 0 Å². The molecule has 0 bridgehead atoms. The van der Waals surface area contributed by atoms with Crippen molar-refractivity contribution in [3.63, 3.8) is 0 Å². The fraction of sp³-hybridized carbons (Fsp3) is 0.400. The van der Waals surface area contributed by atoms with Gasteiger partial charge in [0.05, 0.1) is 6.21 Å². The predicted octanol–water partition coefficient (Wildman–Crippen LogP) is 1.83. The number of halogens is 1. The Kier molecular flexibility index (Phi) is 8.30. The van der Waals surface area contributed by atoms with Gasteiger partial charge in [-0.1, -0.05) is 12.8 Å². The number of hydrogen-bond acceptors (Lipinski definition) is 5. The molecular weight excluding hydrogens is 305 g/mol. The van der Waals surface area contributed by atoms with E-state index in [1.165, 1.54) is 12.3 Å². The first-order valence-electron chi connectivity index (χ1n) is 7.26. The van der Waals surface area contributed by atoms with E-state index in [2.05, 4.69) is 10.5 Å². The van der Waals surface area contributed by atoms with E-state index in [4.69, 9.17) is 5.21 Å². The highest BCUT2D eigenvalue weighted by atomic mass is 19.1. The minimum atomic E-state index is -0.509. The van der Waals surface area contributed by atoms with Crippen LogP contribution in [0, 0.1) is 5.82 Å². The van der Waals surface area contributed by atoms with Crippen molar-refractivity contribution in [3.8, 4) is 5.75 Å². The molecule has 2 amide bonds.